The fourth-order valence-corrected chi connectivity index (χ4v) is 3.18. The summed E-state index contributed by atoms with van der Waals surface area (Å²) in [5.74, 6) is 0.945. The molecule has 1 aliphatic heterocycles. The molecule has 1 aliphatic rings. The Morgan fingerprint density at radius 2 is 1.76 bits per heavy atom. The van der Waals surface area contributed by atoms with Gasteiger partial charge in [0.1, 0.15) is 0 Å². The Morgan fingerprint density at radius 1 is 1.08 bits per heavy atom. The van der Waals surface area contributed by atoms with E-state index in [-0.39, 0.29) is 0 Å². The molecule has 2 N–H and O–H groups in total. The zero-order valence-electron chi connectivity index (χ0n) is 17.0. The molecule has 1 fully saturated rings. The van der Waals surface area contributed by atoms with Crippen LogP contribution in [0.1, 0.15) is 47.0 Å². The Morgan fingerprint density at radius 3 is 2.36 bits per heavy atom. The third-order valence-corrected chi connectivity index (χ3v) is 4.55. The monoisotopic (exact) mass is 355 g/mol. The number of rotatable bonds is 12. The van der Waals surface area contributed by atoms with Crippen LogP contribution in [0.5, 0.6) is 0 Å². The molecule has 0 spiro atoms. The fourth-order valence-electron chi connectivity index (χ4n) is 3.18. The van der Waals surface area contributed by atoms with E-state index in [2.05, 4.69) is 48.1 Å². The van der Waals surface area contributed by atoms with Crippen molar-refractivity contribution in [2.24, 2.45) is 4.99 Å². The van der Waals surface area contributed by atoms with Crippen LogP contribution in [0.4, 0.5) is 0 Å². The quantitative estimate of drug-likeness (QED) is 0.317. The third kappa shape index (κ3) is 10.0. The van der Waals surface area contributed by atoms with Crippen molar-refractivity contribution in [1.29, 1.82) is 0 Å². The van der Waals surface area contributed by atoms with Crippen LogP contribution in [0.25, 0.3) is 0 Å². The van der Waals surface area contributed by atoms with Crippen LogP contribution in [-0.4, -0.2) is 87.4 Å². The molecule has 0 radical (unpaired) electrons. The summed E-state index contributed by atoms with van der Waals surface area (Å²) in [4.78, 5) is 9.80. The Balaban J connectivity index is 2.31. The largest absolute Gasteiger partial charge is 0.379 e. The second kappa shape index (κ2) is 14.3. The molecule has 0 saturated carbocycles. The minimum Gasteiger partial charge on any atom is -0.379 e. The minimum absolute atomic E-state index is 0.462. The number of hydrogen-bond donors (Lipinski definition) is 2. The number of nitrogens with zero attached hydrogens (tertiary/aromatic N) is 3. The average Bonchev–Trinajstić information content (AvgIpc) is 2.63. The third-order valence-electron chi connectivity index (χ3n) is 4.55. The summed E-state index contributed by atoms with van der Waals surface area (Å²) in [6.45, 7) is 18.9. The molecule has 1 heterocycles. The molecule has 1 atom stereocenters. The summed E-state index contributed by atoms with van der Waals surface area (Å²) in [6, 6.07) is 0.462. The second-order valence-corrected chi connectivity index (χ2v) is 6.84. The first kappa shape index (κ1) is 22.2. The Hall–Kier alpha value is -0.850. The first-order chi connectivity index (χ1) is 12.2. The van der Waals surface area contributed by atoms with Crippen molar-refractivity contribution in [2.75, 3.05) is 65.6 Å². The zero-order valence-corrected chi connectivity index (χ0v) is 17.0. The van der Waals surface area contributed by atoms with Crippen LogP contribution in [0.15, 0.2) is 4.99 Å². The summed E-state index contributed by atoms with van der Waals surface area (Å²) in [5.41, 5.74) is 0. The lowest BCUT2D eigenvalue weighted by Crippen LogP contribution is -2.44. The highest BCUT2D eigenvalue weighted by atomic mass is 16.5. The van der Waals surface area contributed by atoms with Gasteiger partial charge in [-0.2, -0.15) is 0 Å². The summed E-state index contributed by atoms with van der Waals surface area (Å²) >= 11 is 0. The highest BCUT2D eigenvalue weighted by Gasteiger charge is 2.16. The number of guanidine groups is 1. The average molecular weight is 356 g/mol. The van der Waals surface area contributed by atoms with Crippen molar-refractivity contribution < 1.29 is 4.74 Å². The summed E-state index contributed by atoms with van der Waals surface area (Å²) in [7, 11) is 0. The molecular formula is C19H41N5O. The van der Waals surface area contributed by atoms with Crippen molar-refractivity contribution >= 4 is 5.96 Å². The predicted molar refractivity (Wildman–Crippen MR) is 107 cm³/mol. The van der Waals surface area contributed by atoms with Gasteiger partial charge in [-0.25, -0.2) is 0 Å². The SMILES string of the molecule is CCCN(CCC)CCCNC(=NCC(C)N1CCOCC1)NCC. The minimum atomic E-state index is 0.462. The lowest BCUT2D eigenvalue weighted by molar-refractivity contribution is 0.0220. The predicted octanol–water partition coefficient (Wildman–Crippen LogP) is 1.77. The highest BCUT2D eigenvalue weighted by Crippen LogP contribution is 2.03. The van der Waals surface area contributed by atoms with Crippen LogP contribution < -0.4 is 10.6 Å². The van der Waals surface area contributed by atoms with Crippen LogP contribution in [-0.2, 0) is 4.74 Å². The fraction of sp³-hybridized carbons (Fsp3) is 0.947. The molecule has 0 bridgehead atoms. The number of hydrogen-bond acceptors (Lipinski definition) is 4. The van der Waals surface area contributed by atoms with E-state index in [0.29, 0.717) is 6.04 Å². The van der Waals surface area contributed by atoms with Gasteiger partial charge in [-0.15, -0.1) is 0 Å². The van der Waals surface area contributed by atoms with Crippen LogP contribution in [0.3, 0.4) is 0 Å². The van der Waals surface area contributed by atoms with Crippen LogP contribution in [0.2, 0.25) is 0 Å². The van der Waals surface area contributed by atoms with Crippen molar-refractivity contribution in [3.63, 3.8) is 0 Å². The van der Waals surface area contributed by atoms with Gasteiger partial charge >= 0.3 is 0 Å². The Kier molecular flexibility index (Phi) is 12.7. The van der Waals surface area contributed by atoms with E-state index in [1.165, 1.54) is 25.9 Å². The van der Waals surface area contributed by atoms with Crippen molar-refractivity contribution in [1.82, 2.24) is 20.4 Å². The van der Waals surface area contributed by atoms with Gasteiger partial charge in [-0.1, -0.05) is 13.8 Å². The van der Waals surface area contributed by atoms with Crippen molar-refractivity contribution in [3.8, 4) is 0 Å². The zero-order chi connectivity index (χ0) is 18.3. The lowest BCUT2D eigenvalue weighted by atomic mass is 10.2. The molecule has 6 nitrogen and oxygen atoms in total. The van der Waals surface area contributed by atoms with E-state index >= 15 is 0 Å². The van der Waals surface area contributed by atoms with Crippen molar-refractivity contribution in [3.05, 3.63) is 0 Å². The molecule has 0 aromatic carbocycles. The first-order valence-corrected chi connectivity index (χ1v) is 10.3. The molecule has 25 heavy (non-hydrogen) atoms. The number of aliphatic imine (C=N–C) groups is 1. The van der Waals surface area contributed by atoms with Gasteiger partial charge in [0.25, 0.3) is 0 Å². The summed E-state index contributed by atoms with van der Waals surface area (Å²) in [6.07, 6.45) is 3.62. The van der Waals surface area contributed by atoms with E-state index in [0.717, 1.165) is 64.9 Å². The first-order valence-electron chi connectivity index (χ1n) is 10.3. The molecule has 1 rings (SSSR count). The van der Waals surface area contributed by atoms with Crippen molar-refractivity contribution in [2.45, 2.75) is 53.0 Å². The second-order valence-electron chi connectivity index (χ2n) is 6.84. The Labute approximate surface area is 155 Å². The highest BCUT2D eigenvalue weighted by molar-refractivity contribution is 5.79. The van der Waals surface area contributed by atoms with E-state index in [9.17, 15) is 0 Å². The molecule has 0 amide bonds. The number of ether oxygens (including phenoxy) is 1. The van der Waals surface area contributed by atoms with E-state index < -0.39 is 0 Å². The summed E-state index contributed by atoms with van der Waals surface area (Å²) in [5, 5.41) is 6.85. The molecule has 1 unspecified atom stereocenters. The Bertz CT molecular complexity index is 339. The van der Waals surface area contributed by atoms with Gasteiger partial charge in [0.2, 0.25) is 0 Å². The van der Waals surface area contributed by atoms with Gasteiger partial charge in [0.05, 0.1) is 19.8 Å². The van der Waals surface area contributed by atoms with Gasteiger partial charge in [0.15, 0.2) is 5.96 Å². The molecule has 1 saturated heterocycles. The molecule has 6 heteroatoms. The maximum Gasteiger partial charge on any atom is 0.191 e. The normalized spacial score (nSPS) is 17.7. The van der Waals surface area contributed by atoms with Gasteiger partial charge in [-0.05, 0) is 52.7 Å². The maximum atomic E-state index is 5.43. The number of nitrogens with one attached hydrogen (secondary N) is 2. The van der Waals surface area contributed by atoms with E-state index in [4.69, 9.17) is 9.73 Å². The van der Waals surface area contributed by atoms with Crippen LogP contribution >= 0.6 is 0 Å². The van der Waals surface area contributed by atoms with Crippen LogP contribution in [0, 0.1) is 0 Å². The molecule has 0 aromatic heterocycles. The number of morpholine rings is 1. The van der Waals surface area contributed by atoms with Gasteiger partial charge < -0.3 is 20.3 Å². The summed E-state index contributed by atoms with van der Waals surface area (Å²) < 4.78 is 5.43. The standard InChI is InChI=1S/C19H41N5O/c1-5-10-23(11-6-2)12-8-9-21-19(20-7-3)22-17-18(4)24-13-15-25-16-14-24/h18H,5-17H2,1-4H3,(H2,20,21,22). The topological polar surface area (TPSA) is 52.1 Å². The van der Waals surface area contributed by atoms with E-state index in [1.807, 2.05) is 0 Å². The molecule has 148 valence electrons. The smallest absolute Gasteiger partial charge is 0.191 e. The molecular weight excluding hydrogens is 314 g/mol. The molecule has 0 aliphatic carbocycles. The lowest BCUT2D eigenvalue weighted by Gasteiger charge is -2.31. The van der Waals surface area contributed by atoms with E-state index in [1.54, 1.807) is 0 Å². The van der Waals surface area contributed by atoms with Gasteiger partial charge in [-0.3, -0.25) is 9.89 Å². The molecule has 0 aromatic rings. The van der Waals surface area contributed by atoms with Gasteiger partial charge in [0, 0.05) is 32.2 Å². The maximum absolute atomic E-state index is 5.43.